The minimum absolute atomic E-state index is 0.0334. The van der Waals surface area contributed by atoms with Crippen LogP contribution in [0.5, 0.6) is 0 Å². The number of urea groups is 1. The first-order valence-electron chi connectivity index (χ1n) is 9.59. The van der Waals surface area contributed by atoms with Crippen LogP contribution in [0.25, 0.3) is 10.6 Å². The minimum Gasteiger partial charge on any atom is -0.326 e. The number of nitrogens with zero attached hydrogens (tertiary/aromatic N) is 2. The Bertz CT molecular complexity index is 1080. The molecule has 0 spiro atoms. The number of hydrogen-bond donors (Lipinski definition) is 3. The third-order valence-electron chi connectivity index (χ3n) is 4.63. The molecular weight excluding hydrogens is 485 g/mol. The molecule has 0 radical (unpaired) electrons. The third kappa shape index (κ3) is 6.08. The second kappa shape index (κ2) is 10.5. The highest BCUT2D eigenvalue weighted by Gasteiger charge is 2.27. The van der Waals surface area contributed by atoms with E-state index in [2.05, 4.69) is 42.1 Å². The average molecular weight is 506 g/mol. The van der Waals surface area contributed by atoms with Crippen molar-refractivity contribution in [3.8, 4) is 10.6 Å². The van der Waals surface area contributed by atoms with Crippen molar-refractivity contribution in [1.82, 2.24) is 15.5 Å². The summed E-state index contributed by atoms with van der Waals surface area (Å²) in [7, 11) is 0. The average Bonchev–Trinajstić information content (AvgIpc) is 3.21. The molecule has 10 heteroatoms. The number of para-hydroxylation sites is 1. The number of halogens is 2. The molecule has 0 aliphatic heterocycles. The highest BCUT2D eigenvalue weighted by Crippen LogP contribution is 2.28. The second-order valence-electron chi connectivity index (χ2n) is 6.85. The van der Waals surface area contributed by atoms with Crippen molar-refractivity contribution < 1.29 is 14.0 Å². The number of rotatable bonds is 7. The second-order valence-corrected chi connectivity index (χ2v) is 8.75. The van der Waals surface area contributed by atoms with Crippen LogP contribution in [0.3, 0.4) is 0 Å². The maximum Gasteiger partial charge on any atom is 0.319 e. The quantitative estimate of drug-likeness (QED) is 0.406. The van der Waals surface area contributed by atoms with Crippen LogP contribution in [0, 0.1) is 11.7 Å². The summed E-state index contributed by atoms with van der Waals surface area (Å²) in [4.78, 5) is 25.2. The molecule has 3 rings (SSSR count). The first-order chi connectivity index (χ1) is 14.9. The largest absolute Gasteiger partial charge is 0.326 e. The molecule has 2 atom stereocenters. The van der Waals surface area contributed by atoms with Crippen molar-refractivity contribution in [1.29, 1.82) is 0 Å². The van der Waals surface area contributed by atoms with Crippen LogP contribution >= 0.6 is 27.3 Å². The number of amides is 3. The number of nitrogens with one attached hydrogen (secondary N) is 3. The van der Waals surface area contributed by atoms with Gasteiger partial charge in [0.15, 0.2) is 0 Å². The number of hydrogen-bond acceptors (Lipinski definition) is 5. The summed E-state index contributed by atoms with van der Waals surface area (Å²) in [5, 5.41) is 16.9. The van der Waals surface area contributed by atoms with Crippen molar-refractivity contribution in [2.45, 2.75) is 26.3 Å². The van der Waals surface area contributed by atoms with Gasteiger partial charge in [-0.25, -0.2) is 9.18 Å². The van der Waals surface area contributed by atoms with Crippen LogP contribution in [-0.2, 0) is 4.79 Å². The number of aromatic nitrogens is 2. The number of carbonyl (C=O) groups is 2. The number of anilines is 2. The zero-order valence-electron chi connectivity index (χ0n) is 16.9. The van der Waals surface area contributed by atoms with Crippen molar-refractivity contribution in [2.75, 3.05) is 10.6 Å². The highest BCUT2D eigenvalue weighted by molar-refractivity contribution is 9.10. The molecule has 1 aromatic heterocycles. The van der Waals surface area contributed by atoms with Gasteiger partial charge in [0.25, 0.3) is 0 Å². The fourth-order valence-corrected chi connectivity index (χ4v) is 3.90. The predicted molar refractivity (Wildman–Crippen MR) is 123 cm³/mol. The van der Waals surface area contributed by atoms with E-state index in [9.17, 15) is 14.0 Å². The molecule has 31 heavy (non-hydrogen) atoms. The van der Waals surface area contributed by atoms with Crippen LogP contribution in [0.1, 0.15) is 20.3 Å². The molecule has 3 amide bonds. The smallest absolute Gasteiger partial charge is 0.319 e. The highest BCUT2D eigenvalue weighted by atomic mass is 79.9. The topological polar surface area (TPSA) is 96.0 Å². The zero-order valence-corrected chi connectivity index (χ0v) is 19.3. The molecule has 0 aliphatic rings. The summed E-state index contributed by atoms with van der Waals surface area (Å²) in [5.41, 5.74) is 0.902. The molecule has 2 unspecified atom stereocenters. The molecular formula is C21H21BrFN5O2S. The molecule has 7 nitrogen and oxygen atoms in total. The van der Waals surface area contributed by atoms with E-state index in [0.29, 0.717) is 16.6 Å². The Morgan fingerprint density at radius 1 is 1.13 bits per heavy atom. The molecule has 0 fully saturated rings. The van der Waals surface area contributed by atoms with Crippen molar-refractivity contribution in [2.24, 2.45) is 5.92 Å². The first kappa shape index (κ1) is 22.8. The molecule has 0 bridgehead atoms. The van der Waals surface area contributed by atoms with Crippen LogP contribution in [0.2, 0.25) is 0 Å². The monoisotopic (exact) mass is 505 g/mol. The molecule has 0 saturated carbocycles. The van der Waals surface area contributed by atoms with E-state index in [0.717, 1.165) is 10.0 Å². The predicted octanol–water partition coefficient (Wildman–Crippen LogP) is 5.28. The summed E-state index contributed by atoms with van der Waals surface area (Å²) in [6.07, 6.45) is 0.650. The first-order valence-corrected chi connectivity index (χ1v) is 11.2. The maximum absolute atomic E-state index is 13.8. The summed E-state index contributed by atoms with van der Waals surface area (Å²) >= 11 is 4.65. The van der Waals surface area contributed by atoms with E-state index < -0.39 is 23.8 Å². The number of benzene rings is 2. The maximum atomic E-state index is 13.8. The lowest BCUT2D eigenvalue weighted by Gasteiger charge is -2.23. The summed E-state index contributed by atoms with van der Waals surface area (Å²) < 4.78 is 14.7. The fourth-order valence-electron chi connectivity index (χ4n) is 2.76. The van der Waals surface area contributed by atoms with E-state index >= 15 is 0 Å². The van der Waals surface area contributed by atoms with E-state index in [1.54, 1.807) is 6.07 Å². The van der Waals surface area contributed by atoms with Gasteiger partial charge in [-0.2, -0.15) is 0 Å². The van der Waals surface area contributed by atoms with Gasteiger partial charge in [0.05, 0.1) is 5.69 Å². The van der Waals surface area contributed by atoms with Gasteiger partial charge < -0.3 is 10.6 Å². The molecule has 3 N–H and O–H groups in total. The van der Waals surface area contributed by atoms with Crippen LogP contribution in [0.4, 0.5) is 20.0 Å². The van der Waals surface area contributed by atoms with Crippen molar-refractivity contribution in [3.05, 3.63) is 58.8 Å². The van der Waals surface area contributed by atoms with Crippen LogP contribution in [0.15, 0.2) is 53.0 Å². The van der Waals surface area contributed by atoms with Crippen LogP contribution in [-0.4, -0.2) is 28.2 Å². The third-order valence-corrected chi connectivity index (χ3v) is 6.01. The summed E-state index contributed by atoms with van der Waals surface area (Å²) in [6.45, 7) is 3.76. The fraction of sp³-hybridized carbons (Fsp3) is 0.238. The Morgan fingerprint density at radius 2 is 1.90 bits per heavy atom. The van der Waals surface area contributed by atoms with Gasteiger partial charge in [0, 0.05) is 10.0 Å². The SMILES string of the molecule is CCC(C)C(NC(=O)Nc1ccccc1F)C(=O)Nc1nnc(-c2cccc(Br)c2)s1. The molecule has 0 saturated heterocycles. The Morgan fingerprint density at radius 3 is 2.61 bits per heavy atom. The van der Waals surface area contributed by atoms with Gasteiger partial charge in [-0.1, -0.05) is 71.8 Å². The minimum atomic E-state index is -0.838. The Hall–Kier alpha value is -2.85. The van der Waals surface area contributed by atoms with Gasteiger partial charge in [-0.3, -0.25) is 10.1 Å². The molecule has 3 aromatic rings. The summed E-state index contributed by atoms with van der Waals surface area (Å²) in [5.74, 6) is -1.14. The zero-order chi connectivity index (χ0) is 22.4. The van der Waals surface area contributed by atoms with E-state index in [4.69, 9.17) is 0 Å². The number of carbonyl (C=O) groups excluding carboxylic acids is 2. The normalized spacial score (nSPS) is 12.6. The Kier molecular flexibility index (Phi) is 7.69. The van der Waals surface area contributed by atoms with Gasteiger partial charge in [0.2, 0.25) is 11.0 Å². The Balaban J connectivity index is 1.69. The summed E-state index contributed by atoms with van der Waals surface area (Å²) in [6, 6.07) is 11.9. The van der Waals surface area contributed by atoms with Gasteiger partial charge in [-0.05, 0) is 30.2 Å². The van der Waals surface area contributed by atoms with Crippen molar-refractivity contribution in [3.63, 3.8) is 0 Å². The van der Waals surface area contributed by atoms with E-state index in [1.165, 1.54) is 29.5 Å². The van der Waals surface area contributed by atoms with Gasteiger partial charge in [-0.15, -0.1) is 10.2 Å². The lowest BCUT2D eigenvalue weighted by molar-refractivity contribution is -0.119. The lowest BCUT2D eigenvalue weighted by Crippen LogP contribution is -2.49. The van der Waals surface area contributed by atoms with Crippen LogP contribution < -0.4 is 16.0 Å². The van der Waals surface area contributed by atoms with E-state index in [-0.39, 0.29) is 11.6 Å². The molecule has 0 aliphatic carbocycles. The van der Waals surface area contributed by atoms with Gasteiger partial charge in [0.1, 0.15) is 16.9 Å². The molecule has 2 aromatic carbocycles. The van der Waals surface area contributed by atoms with Crippen molar-refractivity contribution >= 4 is 50.0 Å². The van der Waals surface area contributed by atoms with Gasteiger partial charge >= 0.3 is 6.03 Å². The molecule has 162 valence electrons. The Labute approximate surface area is 191 Å². The van der Waals surface area contributed by atoms with E-state index in [1.807, 2.05) is 38.1 Å². The molecule has 1 heterocycles. The lowest BCUT2D eigenvalue weighted by atomic mass is 9.98. The standard InChI is InChI=1S/C21H21BrFN5O2S/c1-3-12(2)17(25-20(30)24-16-10-5-4-9-15(16)23)18(29)26-21-28-27-19(31-21)13-7-6-8-14(22)11-13/h4-12,17H,3H2,1-2H3,(H2,24,25,30)(H,26,28,29).